The first-order valence-corrected chi connectivity index (χ1v) is 12.1. The van der Waals surface area contributed by atoms with Crippen LogP contribution in [0.5, 0.6) is 0 Å². The number of fused-ring (bicyclic) bond motifs is 4. The van der Waals surface area contributed by atoms with Crippen molar-refractivity contribution in [2.24, 2.45) is 11.8 Å². The number of Topliss-reactive ketones (excluding diaryl/α,β-unsaturated/α-hetero) is 1. The van der Waals surface area contributed by atoms with Crippen molar-refractivity contribution in [1.82, 2.24) is 0 Å². The van der Waals surface area contributed by atoms with E-state index >= 15 is 0 Å². The third kappa shape index (κ3) is 3.17. The summed E-state index contributed by atoms with van der Waals surface area (Å²) in [6, 6.07) is 11.1. The van der Waals surface area contributed by atoms with Gasteiger partial charge in [0, 0.05) is 40.6 Å². The lowest BCUT2D eigenvalue weighted by molar-refractivity contribution is 0.0473. The van der Waals surface area contributed by atoms with Crippen molar-refractivity contribution in [3.05, 3.63) is 87.4 Å². The van der Waals surface area contributed by atoms with Gasteiger partial charge >= 0.3 is 5.97 Å². The highest BCUT2D eigenvalue weighted by Gasteiger charge is 2.44. The summed E-state index contributed by atoms with van der Waals surface area (Å²) in [6.45, 7) is 1.83. The molecule has 0 unspecified atom stereocenters. The van der Waals surface area contributed by atoms with Crippen LogP contribution >= 0.6 is 15.9 Å². The summed E-state index contributed by atoms with van der Waals surface area (Å²) in [6.07, 6.45) is 11.3. The van der Waals surface area contributed by atoms with Crippen LogP contribution in [0, 0.1) is 11.8 Å². The number of benzene rings is 2. The fourth-order valence-electron chi connectivity index (χ4n) is 5.99. The highest BCUT2D eigenvalue weighted by molar-refractivity contribution is 9.10. The second-order valence-corrected chi connectivity index (χ2v) is 10.2. The molecule has 0 spiro atoms. The van der Waals surface area contributed by atoms with Gasteiger partial charge in [0.25, 0.3) is 0 Å². The van der Waals surface area contributed by atoms with E-state index in [4.69, 9.17) is 4.74 Å². The van der Waals surface area contributed by atoms with E-state index in [2.05, 4.69) is 51.2 Å². The number of ether oxygens (including phenoxy) is 1. The second-order valence-electron chi connectivity index (χ2n) is 9.28. The Hall–Kier alpha value is -2.66. The number of nitrogens with zero attached hydrogens (tertiary/aromatic N) is 1. The third-order valence-electron chi connectivity index (χ3n) is 7.47. The topological polar surface area (TPSA) is 46.6 Å². The molecule has 0 radical (unpaired) electrons. The first kappa shape index (κ1) is 20.0. The number of anilines is 1. The summed E-state index contributed by atoms with van der Waals surface area (Å²) >= 11 is 3.37. The van der Waals surface area contributed by atoms with Gasteiger partial charge in [-0.3, -0.25) is 4.79 Å². The number of ketones is 1. The molecule has 2 heterocycles. The molecule has 2 aromatic carbocycles. The van der Waals surface area contributed by atoms with E-state index in [1.807, 2.05) is 18.2 Å². The second kappa shape index (κ2) is 7.73. The van der Waals surface area contributed by atoms with Crippen LogP contribution in [-0.4, -0.2) is 31.4 Å². The van der Waals surface area contributed by atoms with Gasteiger partial charge in [-0.25, -0.2) is 4.79 Å². The zero-order valence-corrected chi connectivity index (χ0v) is 19.3. The van der Waals surface area contributed by atoms with Crippen molar-refractivity contribution < 1.29 is 14.3 Å². The molecule has 5 heteroatoms. The molecule has 2 aliphatic heterocycles. The van der Waals surface area contributed by atoms with Crippen LogP contribution in [0.2, 0.25) is 0 Å². The Kier molecular flexibility index (Phi) is 4.83. The van der Waals surface area contributed by atoms with Crippen LogP contribution in [0.4, 0.5) is 5.69 Å². The van der Waals surface area contributed by atoms with Crippen LogP contribution in [0.3, 0.4) is 0 Å². The predicted molar refractivity (Wildman–Crippen MR) is 127 cm³/mol. The Morgan fingerprint density at radius 2 is 1.62 bits per heavy atom. The molecule has 0 amide bonds. The Bertz CT molecular complexity index is 1160. The zero-order valence-electron chi connectivity index (χ0n) is 17.7. The van der Waals surface area contributed by atoms with Crippen molar-refractivity contribution in [1.29, 1.82) is 0 Å². The Labute approximate surface area is 196 Å². The van der Waals surface area contributed by atoms with E-state index in [0.29, 0.717) is 28.9 Å². The molecule has 4 aliphatic rings. The van der Waals surface area contributed by atoms with Gasteiger partial charge in [-0.05, 0) is 54.0 Å². The number of allylic oxidation sites excluding steroid dienone is 4. The molecule has 0 saturated heterocycles. The largest absolute Gasteiger partial charge is 0.454 e. The van der Waals surface area contributed by atoms with E-state index in [1.54, 1.807) is 12.1 Å². The Morgan fingerprint density at radius 3 is 2.38 bits per heavy atom. The van der Waals surface area contributed by atoms with Crippen LogP contribution < -0.4 is 4.90 Å². The Morgan fingerprint density at radius 1 is 0.938 bits per heavy atom. The summed E-state index contributed by atoms with van der Waals surface area (Å²) in [5.41, 5.74) is 4.83. The van der Waals surface area contributed by atoms with E-state index in [1.165, 1.54) is 11.3 Å². The molecule has 0 fully saturated rings. The van der Waals surface area contributed by atoms with Gasteiger partial charge in [0.2, 0.25) is 0 Å². The minimum Gasteiger partial charge on any atom is -0.454 e. The van der Waals surface area contributed by atoms with Crippen LogP contribution in [-0.2, 0) is 4.74 Å². The summed E-state index contributed by atoms with van der Waals surface area (Å²) in [7, 11) is 0. The van der Waals surface area contributed by atoms with Crippen molar-refractivity contribution in [2.45, 2.75) is 24.7 Å². The smallest absolute Gasteiger partial charge is 0.338 e. The van der Waals surface area contributed by atoms with Gasteiger partial charge in [0.05, 0.1) is 5.56 Å². The molecule has 162 valence electrons. The monoisotopic (exact) mass is 489 g/mol. The predicted octanol–water partition coefficient (Wildman–Crippen LogP) is 5.64. The summed E-state index contributed by atoms with van der Waals surface area (Å²) in [5, 5.41) is 0. The van der Waals surface area contributed by atoms with E-state index in [-0.39, 0.29) is 18.3 Å². The number of carbonyl (C=O) groups is 2. The fraction of sp³-hybridized carbons (Fsp3) is 0.333. The molecule has 6 rings (SSSR count). The van der Waals surface area contributed by atoms with Gasteiger partial charge in [-0.2, -0.15) is 0 Å². The molecule has 0 bridgehead atoms. The van der Waals surface area contributed by atoms with Crippen LogP contribution in [0.15, 0.2) is 65.2 Å². The first-order valence-electron chi connectivity index (χ1n) is 11.3. The molecule has 2 aromatic rings. The highest BCUT2D eigenvalue weighted by Crippen LogP contribution is 2.53. The maximum absolute atomic E-state index is 13.2. The standard InChI is InChI=1S/C27H24BrNO3/c28-19-9-7-16(8-10-19)24(30)15-32-27(31)23-12-11-22-20-5-1-3-17(20)13-29-14-18-4-2-6-21(18)25(23)26(22)29/h1-2,5-12,17-18,20-21H,3-4,13-15H2/t17-,18+,20-,21+/m1/s1. The molecular weight excluding hydrogens is 466 g/mol. The van der Waals surface area contributed by atoms with Gasteiger partial charge in [-0.15, -0.1) is 0 Å². The van der Waals surface area contributed by atoms with Gasteiger partial charge < -0.3 is 9.64 Å². The molecule has 2 aliphatic carbocycles. The zero-order chi connectivity index (χ0) is 21.8. The third-order valence-corrected chi connectivity index (χ3v) is 8.00. The number of hydrogen-bond donors (Lipinski definition) is 0. The van der Waals surface area contributed by atoms with Crippen molar-refractivity contribution in [3.8, 4) is 0 Å². The average molecular weight is 490 g/mol. The van der Waals surface area contributed by atoms with E-state index in [0.717, 1.165) is 36.0 Å². The van der Waals surface area contributed by atoms with E-state index < -0.39 is 5.97 Å². The lowest BCUT2D eigenvalue weighted by Crippen LogP contribution is -2.44. The quantitative estimate of drug-likeness (QED) is 0.316. The molecule has 4 nitrogen and oxygen atoms in total. The Balaban J connectivity index is 1.33. The van der Waals surface area contributed by atoms with Crippen molar-refractivity contribution >= 4 is 33.4 Å². The maximum Gasteiger partial charge on any atom is 0.338 e. The van der Waals surface area contributed by atoms with Crippen molar-refractivity contribution in [2.75, 3.05) is 24.6 Å². The summed E-state index contributed by atoms with van der Waals surface area (Å²) in [5.74, 6) is 1.20. The average Bonchev–Trinajstić information content (AvgIpc) is 3.47. The minimum atomic E-state index is -0.404. The molecule has 0 saturated carbocycles. The van der Waals surface area contributed by atoms with Gasteiger partial charge in [0.15, 0.2) is 12.4 Å². The molecule has 4 atom stereocenters. The highest BCUT2D eigenvalue weighted by atomic mass is 79.9. The summed E-state index contributed by atoms with van der Waals surface area (Å²) in [4.78, 5) is 28.2. The first-order chi connectivity index (χ1) is 15.6. The number of hydrogen-bond acceptors (Lipinski definition) is 4. The summed E-state index contributed by atoms with van der Waals surface area (Å²) < 4.78 is 6.45. The lowest BCUT2D eigenvalue weighted by atomic mass is 9.73. The van der Waals surface area contributed by atoms with Crippen LogP contribution in [0.1, 0.15) is 56.5 Å². The lowest BCUT2D eigenvalue weighted by Gasteiger charge is -2.46. The fourth-order valence-corrected chi connectivity index (χ4v) is 6.25. The van der Waals surface area contributed by atoms with Gasteiger partial charge in [-0.1, -0.05) is 58.4 Å². The molecule has 0 N–H and O–H groups in total. The SMILES string of the molecule is O=C(COC(=O)c1ccc2c3c1[C@H]1C=CC[C@H]1CN3C[C@H]1CC=C[C@@H]21)c1ccc(Br)cc1. The van der Waals surface area contributed by atoms with E-state index in [9.17, 15) is 9.59 Å². The van der Waals surface area contributed by atoms with Crippen LogP contribution in [0.25, 0.3) is 0 Å². The van der Waals surface area contributed by atoms with Gasteiger partial charge in [0.1, 0.15) is 0 Å². The number of esters is 1. The molecular formula is C27H24BrNO3. The maximum atomic E-state index is 13.2. The van der Waals surface area contributed by atoms with Crippen molar-refractivity contribution in [3.63, 3.8) is 0 Å². The normalized spacial score (nSPS) is 26.5. The molecule has 32 heavy (non-hydrogen) atoms. The number of carbonyl (C=O) groups excluding carboxylic acids is 2. The minimum absolute atomic E-state index is 0.198. The number of halogens is 1. The molecule has 0 aromatic heterocycles. The number of rotatable bonds is 4.